The lowest BCUT2D eigenvalue weighted by Crippen LogP contribution is -2.52. The number of aromatic nitrogens is 2. The number of carbonyl (C=O) groups excluding carboxylic acids is 1. The van der Waals surface area contributed by atoms with Crippen molar-refractivity contribution in [2.24, 2.45) is 0 Å². The predicted molar refractivity (Wildman–Crippen MR) is 113 cm³/mol. The van der Waals surface area contributed by atoms with Crippen LogP contribution in [0.4, 0.5) is 5.82 Å². The third-order valence-electron chi connectivity index (χ3n) is 5.17. The molecule has 0 radical (unpaired) electrons. The summed E-state index contributed by atoms with van der Waals surface area (Å²) in [6, 6.07) is 6.17. The molecule has 3 rings (SSSR count). The van der Waals surface area contributed by atoms with Crippen molar-refractivity contribution < 1.29 is 14.3 Å². The van der Waals surface area contributed by atoms with Gasteiger partial charge in [-0.25, -0.2) is 0 Å². The Morgan fingerprint density at radius 3 is 2.48 bits per heavy atom. The minimum Gasteiger partial charge on any atom is -0.481 e. The largest absolute Gasteiger partial charge is 0.481 e. The Bertz CT molecular complexity index is 848. The van der Waals surface area contributed by atoms with E-state index in [2.05, 4.69) is 40.8 Å². The molecule has 1 aromatic heterocycles. The lowest BCUT2D eigenvalue weighted by atomic mass is 10.0. The molecule has 1 amide bonds. The van der Waals surface area contributed by atoms with E-state index in [4.69, 9.17) is 9.47 Å². The number of methoxy groups -OCH3 is 1. The smallest absolute Gasteiger partial charge is 0.263 e. The van der Waals surface area contributed by atoms with Crippen LogP contribution in [0.2, 0.25) is 0 Å². The van der Waals surface area contributed by atoms with Crippen molar-refractivity contribution in [1.82, 2.24) is 14.9 Å². The number of hydrogen-bond donors (Lipinski definition) is 0. The van der Waals surface area contributed by atoms with E-state index in [0.717, 1.165) is 22.7 Å². The van der Waals surface area contributed by atoms with Crippen molar-refractivity contribution in [3.63, 3.8) is 0 Å². The number of ether oxygens (including phenoxy) is 2. The van der Waals surface area contributed by atoms with E-state index in [9.17, 15) is 4.79 Å². The third-order valence-corrected chi connectivity index (χ3v) is 5.17. The van der Waals surface area contributed by atoms with E-state index in [1.54, 1.807) is 19.5 Å². The first-order valence-electron chi connectivity index (χ1n) is 10.1. The van der Waals surface area contributed by atoms with Gasteiger partial charge in [-0.1, -0.05) is 26.0 Å². The fourth-order valence-corrected chi connectivity index (χ4v) is 3.46. The molecule has 29 heavy (non-hydrogen) atoms. The van der Waals surface area contributed by atoms with Crippen LogP contribution in [0, 0.1) is 6.92 Å². The SMILES string of the molecule is COc1cncc(N2CCN(C(=O)C(C)Oc3cc(C)ccc3C(C)C)CC2)n1. The van der Waals surface area contributed by atoms with Gasteiger partial charge in [0.15, 0.2) is 11.9 Å². The molecule has 7 nitrogen and oxygen atoms in total. The van der Waals surface area contributed by atoms with E-state index < -0.39 is 6.10 Å². The fourth-order valence-electron chi connectivity index (χ4n) is 3.46. The molecule has 0 N–H and O–H groups in total. The minimum atomic E-state index is -0.530. The Hall–Kier alpha value is -2.83. The second kappa shape index (κ2) is 9.11. The van der Waals surface area contributed by atoms with Gasteiger partial charge in [-0.05, 0) is 37.0 Å². The Morgan fingerprint density at radius 1 is 1.10 bits per heavy atom. The van der Waals surface area contributed by atoms with Crippen LogP contribution in [0.1, 0.15) is 37.8 Å². The number of carbonyl (C=O) groups is 1. The first kappa shape index (κ1) is 20.9. The third kappa shape index (κ3) is 4.96. The van der Waals surface area contributed by atoms with Crippen molar-refractivity contribution in [3.8, 4) is 11.6 Å². The highest BCUT2D eigenvalue weighted by Crippen LogP contribution is 2.28. The normalized spacial score (nSPS) is 15.4. The van der Waals surface area contributed by atoms with Crippen molar-refractivity contribution in [1.29, 1.82) is 0 Å². The second-order valence-electron chi connectivity index (χ2n) is 7.69. The molecule has 1 unspecified atom stereocenters. The zero-order chi connectivity index (χ0) is 21.0. The number of hydrogen-bond acceptors (Lipinski definition) is 6. The van der Waals surface area contributed by atoms with Crippen molar-refractivity contribution in [3.05, 3.63) is 41.7 Å². The van der Waals surface area contributed by atoms with Crippen LogP contribution >= 0.6 is 0 Å². The molecule has 0 spiro atoms. The minimum absolute atomic E-state index is 0.0117. The highest BCUT2D eigenvalue weighted by atomic mass is 16.5. The standard InChI is InChI=1S/C22H30N4O3/c1-15(2)18-7-6-16(3)12-19(18)29-17(4)22(27)26-10-8-25(9-11-26)20-13-23-14-21(24-20)28-5/h6-7,12-15,17H,8-11H2,1-5H3. The van der Waals surface area contributed by atoms with Gasteiger partial charge < -0.3 is 19.3 Å². The number of benzene rings is 1. The van der Waals surface area contributed by atoms with Gasteiger partial charge in [0.2, 0.25) is 5.88 Å². The van der Waals surface area contributed by atoms with Crippen molar-refractivity contribution in [2.45, 2.75) is 39.7 Å². The Morgan fingerprint density at radius 2 is 1.83 bits per heavy atom. The summed E-state index contributed by atoms with van der Waals surface area (Å²) >= 11 is 0. The zero-order valence-electron chi connectivity index (χ0n) is 17.9. The molecular weight excluding hydrogens is 368 g/mol. The highest BCUT2D eigenvalue weighted by Gasteiger charge is 2.27. The fraction of sp³-hybridized carbons (Fsp3) is 0.500. The number of aryl methyl sites for hydroxylation is 1. The molecule has 7 heteroatoms. The molecular formula is C22H30N4O3. The maximum atomic E-state index is 12.9. The van der Waals surface area contributed by atoms with Crippen LogP contribution in [0.15, 0.2) is 30.6 Å². The monoisotopic (exact) mass is 398 g/mol. The molecule has 1 saturated heterocycles. The quantitative estimate of drug-likeness (QED) is 0.745. The summed E-state index contributed by atoms with van der Waals surface area (Å²) in [6.45, 7) is 10.8. The molecule has 156 valence electrons. The van der Waals surface area contributed by atoms with Crippen LogP contribution < -0.4 is 14.4 Å². The van der Waals surface area contributed by atoms with Crippen molar-refractivity contribution in [2.75, 3.05) is 38.2 Å². The molecule has 0 aliphatic carbocycles. The van der Waals surface area contributed by atoms with Crippen LogP contribution in [-0.2, 0) is 4.79 Å². The Labute approximate surface area is 172 Å². The second-order valence-corrected chi connectivity index (χ2v) is 7.69. The van der Waals surface area contributed by atoms with Gasteiger partial charge in [-0.3, -0.25) is 9.78 Å². The zero-order valence-corrected chi connectivity index (χ0v) is 17.9. The summed E-state index contributed by atoms with van der Waals surface area (Å²) in [6.07, 6.45) is 2.77. The molecule has 0 saturated carbocycles. The molecule has 1 fully saturated rings. The van der Waals surface area contributed by atoms with Crippen LogP contribution in [0.5, 0.6) is 11.6 Å². The van der Waals surface area contributed by atoms with Gasteiger partial charge in [0.25, 0.3) is 5.91 Å². The van der Waals surface area contributed by atoms with Gasteiger partial charge in [0.05, 0.1) is 19.5 Å². The summed E-state index contributed by atoms with van der Waals surface area (Å²) < 4.78 is 11.2. The van der Waals surface area contributed by atoms with Crippen LogP contribution in [0.3, 0.4) is 0 Å². The average Bonchev–Trinajstić information content (AvgIpc) is 2.73. The van der Waals surface area contributed by atoms with Gasteiger partial charge in [-0.2, -0.15) is 4.98 Å². The summed E-state index contributed by atoms with van der Waals surface area (Å²) in [4.78, 5) is 25.5. The van der Waals surface area contributed by atoms with Crippen LogP contribution in [-0.4, -0.2) is 60.2 Å². The maximum Gasteiger partial charge on any atom is 0.263 e. The molecule has 2 aromatic rings. The highest BCUT2D eigenvalue weighted by molar-refractivity contribution is 5.81. The molecule has 1 atom stereocenters. The summed E-state index contributed by atoms with van der Waals surface area (Å²) in [5.74, 6) is 2.40. The first-order chi connectivity index (χ1) is 13.9. The lowest BCUT2D eigenvalue weighted by molar-refractivity contribution is -0.138. The number of anilines is 1. The average molecular weight is 399 g/mol. The molecule has 1 aliphatic heterocycles. The summed E-state index contributed by atoms with van der Waals surface area (Å²) in [5, 5.41) is 0. The first-order valence-corrected chi connectivity index (χ1v) is 10.1. The van der Waals surface area contributed by atoms with E-state index in [1.807, 2.05) is 24.8 Å². The van der Waals surface area contributed by atoms with Gasteiger partial charge >= 0.3 is 0 Å². The maximum absolute atomic E-state index is 12.9. The summed E-state index contributed by atoms with van der Waals surface area (Å²) in [5.41, 5.74) is 2.24. The lowest BCUT2D eigenvalue weighted by Gasteiger charge is -2.36. The molecule has 2 heterocycles. The van der Waals surface area contributed by atoms with Crippen molar-refractivity contribution >= 4 is 11.7 Å². The molecule has 1 aliphatic rings. The van der Waals surface area contributed by atoms with E-state index in [-0.39, 0.29) is 5.91 Å². The molecule has 0 bridgehead atoms. The van der Waals surface area contributed by atoms with Gasteiger partial charge in [-0.15, -0.1) is 0 Å². The van der Waals surface area contributed by atoms with Crippen LogP contribution in [0.25, 0.3) is 0 Å². The summed E-state index contributed by atoms with van der Waals surface area (Å²) in [7, 11) is 1.57. The Balaban J connectivity index is 1.61. The molecule has 1 aromatic carbocycles. The van der Waals surface area contributed by atoms with Gasteiger partial charge in [0.1, 0.15) is 5.75 Å². The number of rotatable bonds is 6. The van der Waals surface area contributed by atoms with Gasteiger partial charge in [0, 0.05) is 26.2 Å². The predicted octanol–water partition coefficient (Wildman–Crippen LogP) is 3.03. The Kier molecular flexibility index (Phi) is 6.56. The number of piperazine rings is 1. The van der Waals surface area contributed by atoms with E-state index in [1.165, 1.54) is 0 Å². The number of nitrogens with zero attached hydrogens (tertiary/aromatic N) is 4. The van der Waals surface area contributed by atoms with E-state index >= 15 is 0 Å². The van der Waals surface area contributed by atoms with E-state index in [0.29, 0.717) is 38.0 Å². The number of amides is 1. The topological polar surface area (TPSA) is 67.8 Å².